The molecule has 0 radical (unpaired) electrons. The molecule has 0 aromatic carbocycles. The number of halogens is 2. The van der Waals surface area contributed by atoms with Crippen LogP contribution in [0.3, 0.4) is 0 Å². The molecule has 2 aliphatic rings. The third-order valence-corrected chi connectivity index (χ3v) is 6.93. The van der Waals surface area contributed by atoms with Gasteiger partial charge in [0, 0.05) is 54.7 Å². The number of anilines is 1. The number of hydrogen-bond donors (Lipinski definition) is 0. The predicted octanol–water partition coefficient (Wildman–Crippen LogP) is 5.41. The monoisotopic (exact) mass is 549 g/mol. The zero-order chi connectivity index (χ0) is 21.3. The number of carbonyl (C=O) groups is 1. The molecule has 30 heavy (non-hydrogen) atoms. The lowest BCUT2D eigenvalue weighted by Gasteiger charge is -2.25. The van der Waals surface area contributed by atoms with E-state index in [4.69, 9.17) is 4.98 Å². The van der Waals surface area contributed by atoms with Crippen LogP contribution in [0.15, 0.2) is 44.7 Å². The number of rotatable bonds is 5. The van der Waals surface area contributed by atoms with Crippen molar-refractivity contribution < 1.29 is 4.79 Å². The number of pyridine rings is 1. The highest BCUT2D eigenvalue weighted by Crippen LogP contribution is 2.35. The van der Waals surface area contributed by atoms with Gasteiger partial charge >= 0.3 is 0 Å². The van der Waals surface area contributed by atoms with Gasteiger partial charge in [0.15, 0.2) is 0 Å². The van der Waals surface area contributed by atoms with Crippen LogP contribution in [0.4, 0.5) is 5.82 Å². The summed E-state index contributed by atoms with van der Waals surface area (Å²) < 4.78 is 1.86. The Hall–Kier alpha value is -1.84. The lowest BCUT2D eigenvalue weighted by atomic mass is 10.1. The smallest absolute Gasteiger partial charge is 0.270 e. The summed E-state index contributed by atoms with van der Waals surface area (Å²) in [6.07, 6.45) is 8.23. The summed E-state index contributed by atoms with van der Waals surface area (Å²) >= 11 is 8.40. The van der Waals surface area contributed by atoms with Gasteiger partial charge in [-0.15, -0.1) is 11.3 Å². The number of thiazole rings is 1. The summed E-state index contributed by atoms with van der Waals surface area (Å²) in [7, 11) is 0. The van der Waals surface area contributed by atoms with Gasteiger partial charge in [-0.3, -0.25) is 9.79 Å². The van der Waals surface area contributed by atoms with E-state index in [0.717, 1.165) is 44.1 Å². The van der Waals surface area contributed by atoms with Gasteiger partial charge in [0.05, 0.1) is 15.9 Å². The first-order chi connectivity index (χ1) is 14.4. The van der Waals surface area contributed by atoms with E-state index in [-0.39, 0.29) is 5.91 Å². The summed E-state index contributed by atoms with van der Waals surface area (Å²) in [4.78, 5) is 31.2. The number of amides is 1. The Balaban J connectivity index is 1.55. The van der Waals surface area contributed by atoms with Crippen LogP contribution in [0.5, 0.6) is 0 Å². The van der Waals surface area contributed by atoms with Crippen LogP contribution in [0.25, 0.3) is 10.6 Å². The number of allylic oxidation sites excluding steroid dienone is 2. The summed E-state index contributed by atoms with van der Waals surface area (Å²) in [5.41, 5.74) is 2.34. The lowest BCUT2D eigenvalue weighted by molar-refractivity contribution is 0.0806. The van der Waals surface area contributed by atoms with Gasteiger partial charge < -0.3 is 9.80 Å². The molecule has 0 atom stereocenters. The minimum Gasteiger partial charge on any atom is -0.356 e. The van der Waals surface area contributed by atoms with Crippen molar-refractivity contribution in [2.24, 2.45) is 4.99 Å². The van der Waals surface area contributed by atoms with E-state index in [1.807, 2.05) is 19.2 Å². The molecular weight excluding hydrogens is 530 g/mol. The topological polar surface area (TPSA) is 61.7 Å². The molecule has 0 unspecified atom stereocenters. The highest BCUT2D eigenvalue weighted by atomic mass is 79.9. The third-order valence-electron chi connectivity index (χ3n) is 5.01. The molecule has 0 saturated carbocycles. The van der Waals surface area contributed by atoms with Gasteiger partial charge in [-0.05, 0) is 41.8 Å². The molecule has 156 valence electrons. The summed E-state index contributed by atoms with van der Waals surface area (Å²) in [5, 5.41) is 0.813. The highest BCUT2D eigenvalue weighted by molar-refractivity contribution is 9.11. The molecule has 0 bridgehead atoms. The van der Waals surface area contributed by atoms with Crippen molar-refractivity contribution in [3.63, 3.8) is 0 Å². The minimum absolute atomic E-state index is 0.0725. The first-order valence-electron chi connectivity index (χ1n) is 9.71. The van der Waals surface area contributed by atoms with Crippen molar-refractivity contribution in [3.8, 4) is 10.6 Å². The van der Waals surface area contributed by atoms with Crippen molar-refractivity contribution in [2.45, 2.75) is 26.2 Å². The van der Waals surface area contributed by atoms with Crippen LogP contribution in [0, 0.1) is 0 Å². The van der Waals surface area contributed by atoms with E-state index in [1.54, 1.807) is 17.3 Å². The number of fused-ring (bicyclic) bond motifs is 1. The van der Waals surface area contributed by atoms with Crippen LogP contribution in [0.2, 0.25) is 0 Å². The van der Waals surface area contributed by atoms with Gasteiger partial charge in [0.2, 0.25) is 0 Å². The first kappa shape index (κ1) is 21.4. The Morgan fingerprint density at radius 3 is 2.80 bits per heavy atom. The molecule has 4 rings (SSSR count). The fraction of sp³-hybridized carbons (Fsp3) is 0.333. The Kier molecular flexibility index (Phi) is 6.50. The Bertz CT molecular complexity index is 1050. The summed E-state index contributed by atoms with van der Waals surface area (Å²) in [6, 6.07) is 2.05. The normalized spacial score (nSPS) is 17.2. The fourth-order valence-corrected chi connectivity index (χ4v) is 5.29. The fourth-order valence-electron chi connectivity index (χ4n) is 3.53. The van der Waals surface area contributed by atoms with Crippen LogP contribution < -0.4 is 4.90 Å². The van der Waals surface area contributed by atoms with Gasteiger partial charge in [-0.1, -0.05) is 22.5 Å². The van der Waals surface area contributed by atoms with Crippen molar-refractivity contribution in [1.29, 1.82) is 0 Å². The van der Waals surface area contributed by atoms with Gasteiger partial charge in [-0.2, -0.15) is 0 Å². The van der Waals surface area contributed by atoms with E-state index in [1.165, 1.54) is 24.2 Å². The van der Waals surface area contributed by atoms with E-state index >= 15 is 0 Å². The number of nitrogens with zero attached hydrogens (tertiary/aromatic N) is 5. The third kappa shape index (κ3) is 4.43. The van der Waals surface area contributed by atoms with Gasteiger partial charge in [-0.25, -0.2) is 9.97 Å². The number of aromatic nitrogens is 2. The predicted molar refractivity (Wildman–Crippen MR) is 130 cm³/mol. The van der Waals surface area contributed by atoms with Crippen molar-refractivity contribution in [1.82, 2.24) is 14.9 Å². The maximum absolute atomic E-state index is 13.0. The van der Waals surface area contributed by atoms with Crippen LogP contribution >= 0.6 is 43.2 Å². The van der Waals surface area contributed by atoms with E-state index in [2.05, 4.69) is 53.3 Å². The summed E-state index contributed by atoms with van der Waals surface area (Å²) in [5.74, 6) is 0.903. The number of carbonyl (C=O) groups excluding carboxylic acids is 1. The largest absolute Gasteiger partial charge is 0.356 e. The zero-order valence-electron chi connectivity index (χ0n) is 16.6. The molecule has 0 N–H and O–H groups in total. The van der Waals surface area contributed by atoms with Gasteiger partial charge in [0.1, 0.15) is 15.7 Å². The molecule has 0 spiro atoms. The van der Waals surface area contributed by atoms with Crippen LogP contribution in [-0.4, -0.2) is 46.6 Å². The van der Waals surface area contributed by atoms with E-state index in [9.17, 15) is 4.79 Å². The number of hydrogen-bond acceptors (Lipinski definition) is 6. The molecule has 1 fully saturated rings. The van der Waals surface area contributed by atoms with Crippen molar-refractivity contribution in [2.75, 3.05) is 24.5 Å². The quantitative estimate of drug-likeness (QED) is 0.467. The number of aliphatic imine (C=N–C) groups is 1. The molecule has 9 heteroatoms. The highest BCUT2D eigenvalue weighted by Gasteiger charge is 2.30. The molecule has 6 nitrogen and oxygen atoms in total. The lowest BCUT2D eigenvalue weighted by Crippen LogP contribution is -2.36. The average Bonchev–Trinajstić information content (AvgIpc) is 3.38. The zero-order valence-corrected chi connectivity index (χ0v) is 20.6. The maximum atomic E-state index is 13.0. The second-order valence-corrected chi connectivity index (χ2v) is 10.3. The van der Waals surface area contributed by atoms with Crippen LogP contribution in [0.1, 0.15) is 35.1 Å². The molecular formula is C21H21Br2N5OS. The Labute approximate surface area is 196 Å². The molecule has 2 aliphatic heterocycles. The standard InChI is InChI=1S/C21H21Br2N5OS/c1-13(22)10-24-11-14(2)28-8-5-17-18(21(28)29)30-20(26-17)15-9-16(23)19(25-12-15)27-6-3-4-7-27/h9-12H,2-8H2,1H3/b13-10+,24-11-. The maximum Gasteiger partial charge on any atom is 0.270 e. The van der Waals surface area contributed by atoms with Crippen molar-refractivity contribution in [3.05, 3.63) is 50.3 Å². The van der Waals surface area contributed by atoms with Crippen LogP contribution in [-0.2, 0) is 6.42 Å². The van der Waals surface area contributed by atoms with Crippen molar-refractivity contribution >= 4 is 61.1 Å². The molecule has 4 heterocycles. The van der Waals surface area contributed by atoms with E-state index in [0.29, 0.717) is 23.5 Å². The molecule has 2 aromatic rings. The second kappa shape index (κ2) is 9.11. The molecule has 1 saturated heterocycles. The minimum atomic E-state index is -0.0725. The Morgan fingerprint density at radius 2 is 2.10 bits per heavy atom. The Morgan fingerprint density at radius 1 is 1.33 bits per heavy atom. The SMILES string of the molecule is C=C(/C=N\C=C(/C)Br)N1CCc2nc(-c3cnc(N4CCCC4)c(Br)c3)sc2C1=O. The summed E-state index contributed by atoms with van der Waals surface area (Å²) in [6.45, 7) is 8.52. The van der Waals surface area contributed by atoms with Gasteiger partial charge in [0.25, 0.3) is 5.91 Å². The first-order valence-corrected chi connectivity index (χ1v) is 12.1. The molecule has 2 aromatic heterocycles. The second-order valence-electron chi connectivity index (χ2n) is 7.21. The molecule has 0 aliphatic carbocycles. The van der Waals surface area contributed by atoms with E-state index < -0.39 is 0 Å². The molecule has 1 amide bonds. The average molecular weight is 551 g/mol.